The van der Waals surface area contributed by atoms with Crippen LogP contribution in [-0.2, 0) is 14.3 Å². The van der Waals surface area contributed by atoms with Crippen LogP contribution in [0.1, 0.15) is 27.2 Å². The molecular formula is C9H15BF3NO4. The summed E-state index contributed by atoms with van der Waals surface area (Å²) in [6.07, 6.45) is -0.880. The molecule has 0 aliphatic carbocycles. The molecule has 1 rings (SSSR count). The Morgan fingerprint density at radius 3 is 2.28 bits per heavy atom. The Kier molecular flexibility index (Phi) is 6.57. The van der Waals surface area contributed by atoms with E-state index in [1.165, 1.54) is 0 Å². The molecule has 0 radical (unpaired) electrons. The number of nitrogens with one attached hydrogen (secondary N) is 1. The molecule has 18 heavy (non-hydrogen) atoms. The summed E-state index contributed by atoms with van der Waals surface area (Å²) in [6, 6.07) is 0. The number of esters is 1. The number of halogens is 3. The van der Waals surface area contributed by atoms with Gasteiger partial charge in [0.15, 0.2) is 0 Å². The summed E-state index contributed by atoms with van der Waals surface area (Å²) in [5, 5.41) is 2.60. The summed E-state index contributed by atoms with van der Waals surface area (Å²) in [6.45, 7) is 5.83. The largest absolute Gasteiger partial charge is 0.762 e. The molecule has 5 nitrogen and oxygen atoms in total. The second kappa shape index (κ2) is 7.12. The Morgan fingerprint density at radius 2 is 1.94 bits per heavy atom. The minimum absolute atomic E-state index is 0.326. The number of carbonyl (C=O) groups is 2. The molecule has 9 heteroatoms. The highest BCUT2D eigenvalue weighted by Gasteiger charge is 2.30. The molecule has 1 heterocycles. The highest BCUT2D eigenvalue weighted by atomic mass is 19.4. The lowest BCUT2D eigenvalue weighted by atomic mass is 10.1. The SMILES string of the molecule is CC(C)(C)NC(=O)OC1CCOC1=O.FB(F)F. The van der Waals surface area contributed by atoms with E-state index in [-0.39, 0.29) is 5.54 Å². The van der Waals surface area contributed by atoms with Crippen molar-refractivity contribution in [3.05, 3.63) is 0 Å². The molecule has 1 aliphatic heterocycles. The minimum atomic E-state index is -3.67. The number of rotatable bonds is 1. The lowest BCUT2D eigenvalue weighted by Crippen LogP contribution is -2.42. The van der Waals surface area contributed by atoms with E-state index < -0.39 is 25.7 Å². The molecule has 1 unspecified atom stereocenters. The van der Waals surface area contributed by atoms with Crippen LogP contribution in [-0.4, -0.2) is 37.9 Å². The Bertz CT molecular complexity index is 293. The predicted octanol–water partition coefficient (Wildman–Crippen LogP) is 1.71. The summed E-state index contributed by atoms with van der Waals surface area (Å²) in [4.78, 5) is 22.2. The molecule has 1 saturated heterocycles. The van der Waals surface area contributed by atoms with Crippen molar-refractivity contribution in [2.45, 2.75) is 38.8 Å². The van der Waals surface area contributed by atoms with Crippen molar-refractivity contribution in [2.75, 3.05) is 6.61 Å². The first-order chi connectivity index (χ1) is 8.11. The molecule has 1 amide bonds. The molecule has 1 N–H and O–H groups in total. The Hall–Kier alpha value is -1.41. The van der Waals surface area contributed by atoms with Crippen molar-refractivity contribution in [1.29, 1.82) is 0 Å². The Morgan fingerprint density at radius 1 is 1.44 bits per heavy atom. The third kappa shape index (κ3) is 8.71. The van der Waals surface area contributed by atoms with Gasteiger partial charge in [-0.1, -0.05) is 0 Å². The van der Waals surface area contributed by atoms with Gasteiger partial charge in [0, 0.05) is 12.0 Å². The van der Waals surface area contributed by atoms with Crippen LogP contribution in [0.15, 0.2) is 0 Å². The molecule has 1 aliphatic rings. The number of carbonyl (C=O) groups excluding carboxylic acids is 2. The summed E-state index contributed by atoms with van der Waals surface area (Å²) >= 11 is 0. The molecule has 1 fully saturated rings. The Labute approximate surface area is 103 Å². The van der Waals surface area contributed by atoms with Gasteiger partial charge in [0.25, 0.3) is 0 Å². The van der Waals surface area contributed by atoms with Crippen molar-refractivity contribution in [2.24, 2.45) is 0 Å². The molecule has 0 aromatic heterocycles. The van der Waals surface area contributed by atoms with Crippen molar-refractivity contribution in [3.63, 3.8) is 0 Å². The fourth-order valence-corrected chi connectivity index (χ4v) is 1.05. The van der Waals surface area contributed by atoms with Gasteiger partial charge < -0.3 is 14.8 Å². The highest BCUT2D eigenvalue weighted by molar-refractivity contribution is 6.33. The van der Waals surface area contributed by atoms with E-state index in [1.54, 1.807) is 0 Å². The smallest absolute Gasteiger partial charge is 0.463 e. The topological polar surface area (TPSA) is 64.6 Å². The molecular weight excluding hydrogens is 254 g/mol. The summed E-state index contributed by atoms with van der Waals surface area (Å²) in [5.41, 5.74) is -0.362. The molecule has 0 aromatic rings. The van der Waals surface area contributed by atoms with E-state index in [0.29, 0.717) is 13.0 Å². The van der Waals surface area contributed by atoms with Gasteiger partial charge in [0.05, 0.1) is 6.61 Å². The lowest BCUT2D eigenvalue weighted by molar-refractivity contribution is -0.144. The lowest BCUT2D eigenvalue weighted by Gasteiger charge is -2.20. The van der Waals surface area contributed by atoms with Crippen LogP contribution in [0.3, 0.4) is 0 Å². The molecule has 0 spiro atoms. The van der Waals surface area contributed by atoms with Crippen molar-refractivity contribution in [1.82, 2.24) is 5.32 Å². The van der Waals surface area contributed by atoms with Gasteiger partial charge in [-0.3, -0.25) is 12.9 Å². The van der Waals surface area contributed by atoms with Crippen molar-refractivity contribution in [3.8, 4) is 0 Å². The van der Waals surface area contributed by atoms with Crippen LogP contribution in [0.5, 0.6) is 0 Å². The number of alkyl carbamates (subject to hydrolysis) is 1. The Balaban J connectivity index is 0.000000631. The van der Waals surface area contributed by atoms with Crippen molar-refractivity contribution < 1.29 is 32.0 Å². The summed E-state index contributed by atoms with van der Waals surface area (Å²) < 4.78 is 38.5. The monoisotopic (exact) mass is 269 g/mol. The molecule has 0 saturated carbocycles. The molecule has 0 aromatic carbocycles. The number of hydrogen-bond acceptors (Lipinski definition) is 4. The van der Waals surface area contributed by atoms with Gasteiger partial charge in [0.2, 0.25) is 6.10 Å². The third-order valence-electron chi connectivity index (χ3n) is 1.61. The quantitative estimate of drug-likeness (QED) is 0.581. The first kappa shape index (κ1) is 16.6. The normalized spacial score (nSPS) is 18.3. The van der Waals surface area contributed by atoms with Crippen LogP contribution in [0.2, 0.25) is 0 Å². The van der Waals surface area contributed by atoms with Crippen LogP contribution in [0, 0.1) is 0 Å². The van der Waals surface area contributed by atoms with Crippen LogP contribution in [0.4, 0.5) is 17.7 Å². The minimum Gasteiger partial charge on any atom is -0.463 e. The number of hydrogen-bond donors (Lipinski definition) is 1. The molecule has 104 valence electrons. The highest BCUT2D eigenvalue weighted by Crippen LogP contribution is 2.11. The zero-order valence-electron chi connectivity index (χ0n) is 10.3. The van der Waals surface area contributed by atoms with Crippen LogP contribution in [0.25, 0.3) is 0 Å². The van der Waals surface area contributed by atoms with Gasteiger partial charge >= 0.3 is 19.6 Å². The zero-order valence-corrected chi connectivity index (χ0v) is 10.3. The number of ether oxygens (including phenoxy) is 2. The second-order valence-corrected chi connectivity index (χ2v) is 4.47. The van der Waals surface area contributed by atoms with E-state index >= 15 is 0 Å². The van der Waals surface area contributed by atoms with Gasteiger partial charge in [-0.25, -0.2) is 9.59 Å². The van der Waals surface area contributed by atoms with E-state index in [4.69, 9.17) is 4.74 Å². The van der Waals surface area contributed by atoms with E-state index in [0.717, 1.165) is 0 Å². The first-order valence-electron chi connectivity index (χ1n) is 5.19. The van der Waals surface area contributed by atoms with Crippen LogP contribution >= 0.6 is 0 Å². The fourth-order valence-electron chi connectivity index (χ4n) is 1.05. The van der Waals surface area contributed by atoms with E-state index in [1.807, 2.05) is 20.8 Å². The predicted molar refractivity (Wildman–Crippen MR) is 57.8 cm³/mol. The maximum atomic E-state index is 11.2. The van der Waals surface area contributed by atoms with Gasteiger partial charge in [-0.05, 0) is 20.8 Å². The van der Waals surface area contributed by atoms with Crippen molar-refractivity contribution >= 4 is 19.6 Å². The average molecular weight is 269 g/mol. The van der Waals surface area contributed by atoms with E-state index in [9.17, 15) is 22.5 Å². The molecule has 1 atom stereocenters. The third-order valence-corrected chi connectivity index (χ3v) is 1.61. The maximum Gasteiger partial charge on any atom is 0.762 e. The first-order valence-corrected chi connectivity index (χ1v) is 5.19. The number of amides is 1. The van der Waals surface area contributed by atoms with E-state index in [2.05, 4.69) is 10.1 Å². The van der Waals surface area contributed by atoms with Crippen LogP contribution < -0.4 is 5.32 Å². The fraction of sp³-hybridized carbons (Fsp3) is 0.778. The second-order valence-electron chi connectivity index (χ2n) is 4.47. The summed E-state index contributed by atoms with van der Waals surface area (Å²) in [7, 11) is -3.67. The number of cyclic esters (lactones) is 1. The van der Waals surface area contributed by atoms with Gasteiger partial charge in [0.1, 0.15) is 0 Å². The van der Waals surface area contributed by atoms with Gasteiger partial charge in [-0.2, -0.15) is 0 Å². The average Bonchev–Trinajstić information content (AvgIpc) is 2.47. The molecule has 0 bridgehead atoms. The van der Waals surface area contributed by atoms with Gasteiger partial charge in [-0.15, -0.1) is 0 Å². The summed E-state index contributed by atoms with van der Waals surface area (Å²) in [5.74, 6) is -0.464. The standard InChI is InChI=1S/C9H15NO4.BF3/c1-9(2,3)10-8(12)14-6-4-5-13-7(6)11;2-1(3)4/h6H,4-5H2,1-3H3,(H,10,12);. The maximum absolute atomic E-state index is 11.2. The zero-order chi connectivity index (χ0) is 14.3.